The summed E-state index contributed by atoms with van der Waals surface area (Å²) in [6, 6.07) is 5.49. The van der Waals surface area contributed by atoms with E-state index in [9.17, 15) is 18.4 Å². The predicted molar refractivity (Wildman–Crippen MR) is 117 cm³/mol. The van der Waals surface area contributed by atoms with Gasteiger partial charge in [-0.25, -0.2) is 0 Å². The summed E-state index contributed by atoms with van der Waals surface area (Å²) in [5.41, 5.74) is 6.39. The van der Waals surface area contributed by atoms with Gasteiger partial charge in [0.15, 0.2) is 6.72 Å². The SMILES string of the molecule is C=[N+](O)c1ccc(OC2=CC=C(C(F)(F)F)CC=C2)c(CC)c1.CC1CCC(N)CC1. The normalized spacial score (nSPS) is 21.2. The molecule has 0 aliphatic heterocycles. The van der Waals surface area contributed by atoms with Gasteiger partial charge in [-0.1, -0.05) is 26.0 Å². The number of nitrogens with two attached hydrogens (primary N) is 1. The summed E-state index contributed by atoms with van der Waals surface area (Å²) in [6.07, 6.45) is 6.58. The van der Waals surface area contributed by atoms with E-state index in [-0.39, 0.29) is 6.42 Å². The maximum absolute atomic E-state index is 12.7. The third-order valence-corrected chi connectivity index (χ3v) is 5.44. The Kier molecular flexibility index (Phi) is 8.92. The van der Waals surface area contributed by atoms with Gasteiger partial charge in [-0.2, -0.15) is 13.2 Å². The minimum atomic E-state index is -4.34. The number of hydrogen-bond acceptors (Lipinski definition) is 3. The number of ether oxygens (including phenoxy) is 1. The van der Waals surface area contributed by atoms with Crippen molar-refractivity contribution in [2.24, 2.45) is 11.7 Å². The topological polar surface area (TPSA) is 58.5 Å². The Morgan fingerprint density at radius 1 is 1.19 bits per heavy atom. The van der Waals surface area contributed by atoms with E-state index >= 15 is 0 Å². The predicted octanol–water partition coefficient (Wildman–Crippen LogP) is 6.22. The van der Waals surface area contributed by atoms with Crippen LogP contribution >= 0.6 is 0 Å². The van der Waals surface area contributed by atoms with Gasteiger partial charge in [-0.05, 0) is 62.7 Å². The Labute approximate surface area is 182 Å². The Hall–Kier alpha value is -2.54. The first-order valence-corrected chi connectivity index (χ1v) is 10.6. The fourth-order valence-electron chi connectivity index (χ4n) is 3.40. The fraction of sp³-hybridized carbons (Fsp3) is 0.458. The van der Waals surface area contributed by atoms with Crippen molar-refractivity contribution in [1.29, 1.82) is 0 Å². The molecule has 170 valence electrons. The van der Waals surface area contributed by atoms with E-state index in [0.717, 1.165) is 22.3 Å². The monoisotopic (exact) mass is 437 g/mol. The molecule has 7 heteroatoms. The average Bonchev–Trinajstić information content (AvgIpc) is 2.96. The maximum Gasteiger partial charge on any atom is 0.412 e. The Balaban J connectivity index is 0.000000357. The molecular weight excluding hydrogens is 405 g/mol. The summed E-state index contributed by atoms with van der Waals surface area (Å²) in [5.74, 6) is 1.79. The second-order valence-electron chi connectivity index (χ2n) is 8.03. The van der Waals surface area contributed by atoms with Crippen molar-refractivity contribution in [3.63, 3.8) is 0 Å². The lowest BCUT2D eigenvalue weighted by atomic mass is 9.88. The van der Waals surface area contributed by atoms with Crippen molar-refractivity contribution in [3.8, 4) is 5.75 Å². The summed E-state index contributed by atoms with van der Waals surface area (Å²) in [7, 11) is 0. The number of aryl methyl sites for hydroxylation is 1. The minimum Gasteiger partial charge on any atom is -0.457 e. The Morgan fingerprint density at radius 3 is 2.42 bits per heavy atom. The Bertz CT molecular complexity index is 839. The van der Waals surface area contributed by atoms with Crippen molar-refractivity contribution in [2.75, 3.05) is 0 Å². The second-order valence-corrected chi connectivity index (χ2v) is 8.03. The zero-order chi connectivity index (χ0) is 23.0. The molecule has 0 aromatic heterocycles. The van der Waals surface area contributed by atoms with Gasteiger partial charge < -0.3 is 10.5 Å². The highest BCUT2D eigenvalue weighted by atomic mass is 19.4. The van der Waals surface area contributed by atoms with Crippen LogP contribution in [0.4, 0.5) is 18.9 Å². The van der Waals surface area contributed by atoms with Gasteiger partial charge >= 0.3 is 6.18 Å². The molecule has 31 heavy (non-hydrogen) atoms. The van der Waals surface area contributed by atoms with Gasteiger partial charge in [-0.15, -0.1) is 0 Å². The number of rotatable bonds is 4. The highest BCUT2D eigenvalue weighted by Gasteiger charge is 2.32. The van der Waals surface area contributed by atoms with Gasteiger partial charge in [0.1, 0.15) is 11.5 Å². The van der Waals surface area contributed by atoms with Gasteiger partial charge in [-0.3, -0.25) is 5.21 Å². The van der Waals surface area contributed by atoms with Gasteiger partial charge in [0.2, 0.25) is 0 Å². The lowest BCUT2D eigenvalue weighted by Gasteiger charge is -2.22. The lowest BCUT2D eigenvalue weighted by Crippen LogP contribution is -2.25. The number of hydrogen-bond donors (Lipinski definition) is 2. The molecule has 1 aromatic carbocycles. The lowest BCUT2D eigenvalue weighted by molar-refractivity contribution is -0.706. The van der Waals surface area contributed by atoms with Crippen molar-refractivity contribution < 1.29 is 27.9 Å². The van der Waals surface area contributed by atoms with Crippen molar-refractivity contribution in [2.45, 2.75) is 64.6 Å². The van der Waals surface area contributed by atoms with Crippen LogP contribution < -0.4 is 10.5 Å². The van der Waals surface area contributed by atoms with Crippen molar-refractivity contribution in [3.05, 3.63) is 59.4 Å². The van der Waals surface area contributed by atoms with E-state index < -0.39 is 11.7 Å². The van der Waals surface area contributed by atoms with E-state index in [1.165, 1.54) is 43.9 Å². The molecule has 4 nitrogen and oxygen atoms in total. The number of benzene rings is 1. The third kappa shape index (κ3) is 7.90. The van der Waals surface area contributed by atoms with E-state index in [1.54, 1.807) is 18.2 Å². The van der Waals surface area contributed by atoms with Gasteiger partial charge in [0, 0.05) is 34.0 Å². The average molecular weight is 438 g/mol. The van der Waals surface area contributed by atoms with Crippen LogP contribution in [0.2, 0.25) is 0 Å². The molecule has 0 bridgehead atoms. The molecule has 0 spiro atoms. The molecule has 0 atom stereocenters. The largest absolute Gasteiger partial charge is 0.457 e. The van der Waals surface area contributed by atoms with Crippen molar-refractivity contribution in [1.82, 2.24) is 0 Å². The summed E-state index contributed by atoms with van der Waals surface area (Å²) >= 11 is 0. The van der Waals surface area contributed by atoms with Gasteiger partial charge in [0.25, 0.3) is 5.69 Å². The zero-order valence-corrected chi connectivity index (χ0v) is 18.2. The molecule has 1 fully saturated rings. The van der Waals surface area contributed by atoms with E-state index in [0.29, 0.717) is 29.7 Å². The van der Waals surface area contributed by atoms with E-state index in [2.05, 4.69) is 13.6 Å². The Morgan fingerprint density at radius 2 is 1.87 bits per heavy atom. The molecule has 0 amide bonds. The summed E-state index contributed by atoms with van der Waals surface area (Å²) in [6.45, 7) is 7.61. The second kappa shape index (κ2) is 11.2. The summed E-state index contributed by atoms with van der Waals surface area (Å²) in [5, 5.41) is 9.34. The minimum absolute atomic E-state index is 0.187. The first-order chi connectivity index (χ1) is 14.6. The smallest absolute Gasteiger partial charge is 0.412 e. The molecule has 0 heterocycles. The molecule has 3 N–H and O–H groups in total. The molecule has 0 radical (unpaired) electrons. The first kappa shape index (κ1) is 24.7. The van der Waals surface area contributed by atoms with Crippen LogP contribution in [0.15, 0.2) is 53.8 Å². The number of alkyl halides is 3. The van der Waals surface area contributed by atoms with Gasteiger partial charge in [0.05, 0.1) is 0 Å². The molecular formula is C24H32F3N2O2+. The maximum atomic E-state index is 12.7. The van der Waals surface area contributed by atoms with Crippen LogP contribution in [0, 0.1) is 5.92 Å². The fourth-order valence-corrected chi connectivity index (χ4v) is 3.40. The quantitative estimate of drug-likeness (QED) is 0.255. The number of nitrogens with zero attached hydrogens (tertiary/aromatic N) is 1. The molecule has 1 aromatic rings. The van der Waals surface area contributed by atoms with Crippen LogP contribution in [0.25, 0.3) is 0 Å². The number of halogens is 3. The summed E-state index contributed by atoms with van der Waals surface area (Å²) in [4.78, 5) is 0. The van der Waals surface area contributed by atoms with Crippen molar-refractivity contribution >= 4 is 12.4 Å². The molecule has 2 aliphatic carbocycles. The van der Waals surface area contributed by atoms with Crippen LogP contribution in [0.5, 0.6) is 5.75 Å². The van der Waals surface area contributed by atoms with Crippen LogP contribution in [0.3, 0.4) is 0 Å². The molecule has 0 saturated heterocycles. The van der Waals surface area contributed by atoms with E-state index in [4.69, 9.17) is 10.5 Å². The molecule has 2 aliphatic rings. The molecule has 1 saturated carbocycles. The van der Waals surface area contributed by atoms with Crippen LogP contribution in [-0.4, -0.2) is 28.9 Å². The van der Waals surface area contributed by atoms with Crippen LogP contribution in [-0.2, 0) is 6.42 Å². The molecule has 0 unspecified atom stereocenters. The van der Waals surface area contributed by atoms with E-state index in [1.807, 2.05) is 6.92 Å². The standard InChI is InChI=1S/C17H17F3NO2.C7H15N/c1-3-12-11-14(21(2)22)8-10-16(12)23-15-6-4-5-13(7-9-15)17(18,19)20;1-6-2-4-7(8)5-3-6/h4,6-11,22H,2-3,5H2,1H3;6-7H,2-5,8H2,1H3/q+1;. The number of allylic oxidation sites excluding steroid dienone is 5. The highest BCUT2D eigenvalue weighted by Crippen LogP contribution is 2.31. The molecule has 3 rings (SSSR count). The highest BCUT2D eigenvalue weighted by molar-refractivity contribution is 5.46. The van der Waals surface area contributed by atoms with Crippen LogP contribution in [0.1, 0.15) is 51.5 Å². The summed E-state index contributed by atoms with van der Waals surface area (Å²) < 4.78 is 44.6. The first-order valence-electron chi connectivity index (χ1n) is 10.6. The third-order valence-electron chi connectivity index (χ3n) is 5.44. The zero-order valence-electron chi connectivity index (χ0n) is 18.2.